The summed E-state index contributed by atoms with van der Waals surface area (Å²) in [5.74, 6) is 0. The third-order valence-electron chi connectivity index (χ3n) is 3.19. The van der Waals surface area contributed by atoms with Crippen LogP contribution in [-0.4, -0.2) is 37.4 Å². The number of nitrogens with zero attached hydrogens (tertiary/aromatic N) is 2. The Hall–Kier alpha value is -1.06. The van der Waals surface area contributed by atoms with E-state index in [1.165, 1.54) is 11.1 Å². The minimum atomic E-state index is 0. The SMILES string of the molecule is CCN(CC)CCO/N=C/c1c(C)cccc1C.Cl. The highest BCUT2D eigenvalue weighted by Gasteiger charge is 1.99. The van der Waals surface area contributed by atoms with Crippen molar-refractivity contribution in [2.45, 2.75) is 27.7 Å². The van der Waals surface area contributed by atoms with Crippen molar-refractivity contribution in [3.8, 4) is 0 Å². The average Bonchev–Trinajstić information content (AvgIpc) is 2.37. The van der Waals surface area contributed by atoms with Crippen molar-refractivity contribution in [3.05, 3.63) is 34.9 Å². The molecule has 0 aliphatic carbocycles. The molecule has 1 aromatic rings. The van der Waals surface area contributed by atoms with Gasteiger partial charge in [0.15, 0.2) is 0 Å². The molecule has 0 aliphatic heterocycles. The van der Waals surface area contributed by atoms with Crippen molar-refractivity contribution in [2.75, 3.05) is 26.2 Å². The number of aryl methyl sites for hydroxylation is 2. The molecule has 0 aliphatic rings. The summed E-state index contributed by atoms with van der Waals surface area (Å²) in [4.78, 5) is 7.62. The highest BCUT2D eigenvalue weighted by Crippen LogP contribution is 2.10. The van der Waals surface area contributed by atoms with E-state index in [-0.39, 0.29) is 12.4 Å². The van der Waals surface area contributed by atoms with Gasteiger partial charge in [0.2, 0.25) is 0 Å². The van der Waals surface area contributed by atoms with E-state index in [0.29, 0.717) is 6.61 Å². The Balaban J connectivity index is 0.00000324. The van der Waals surface area contributed by atoms with E-state index < -0.39 is 0 Å². The molecular weight excluding hydrogens is 260 g/mol. The third-order valence-corrected chi connectivity index (χ3v) is 3.19. The lowest BCUT2D eigenvalue weighted by atomic mass is 10.0. The fourth-order valence-corrected chi connectivity index (χ4v) is 1.88. The van der Waals surface area contributed by atoms with Gasteiger partial charge in [0.1, 0.15) is 6.61 Å². The summed E-state index contributed by atoms with van der Waals surface area (Å²) in [5.41, 5.74) is 3.61. The predicted octanol–water partition coefficient (Wildman–Crippen LogP) is 3.42. The van der Waals surface area contributed by atoms with Crippen molar-refractivity contribution in [1.82, 2.24) is 4.90 Å². The molecule has 0 unspecified atom stereocenters. The van der Waals surface area contributed by atoms with Gasteiger partial charge in [0, 0.05) is 12.1 Å². The van der Waals surface area contributed by atoms with Gasteiger partial charge in [-0.15, -0.1) is 12.4 Å². The fourth-order valence-electron chi connectivity index (χ4n) is 1.88. The normalized spacial score (nSPS) is 10.8. The molecule has 0 amide bonds. The van der Waals surface area contributed by atoms with Crippen molar-refractivity contribution in [2.24, 2.45) is 5.16 Å². The van der Waals surface area contributed by atoms with Gasteiger partial charge in [-0.2, -0.15) is 0 Å². The Morgan fingerprint density at radius 3 is 2.26 bits per heavy atom. The van der Waals surface area contributed by atoms with Gasteiger partial charge >= 0.3 is 0 Å². The molecule has 4 heteroatoms. The maximum atomic E-state index is 5.31. The summed E-state index contributed by atoms with van der Waals surface area (Å²) in [6.07, 6.45) is 1.81. The van der Waals surface area contributed by atoms with Crippen LogP contribution in [0.5, 0.6) is 0 Å². The Morgan fingerprint density at radius 2 is 1.74 bits per heavy atom. The summed E-state index contributed by atoms with van der Waals surface area (Å²) in [6, 6.07) is 6.23. The standard InChI is InChI=1S/C15H24N2O.ClH/c1-5-17(6-2)10-11-18-16-12-15-13(3)8-7-9-14(15)4;/h7-9,12H,5-6,10-11H2,1-4H3;1H/b16-12+;. The number of hydrogen-bond donors (Lipinski definition) is 0. The van der Waals surface area contributed by atoms with E-state index in [9.17, 15) is 0 Å². The van der Waals surface area contributed by atoms with Crippen LogP contribution >= 0.6 is 12.4 Å². The van der Waals surface area contributed by atoms with Gasteiger partial charge in [0.25, 0.3) is 0 Å². The van der Waals surface area contributed by atoms with Gasteiger partial charge in [-0.1, -0.05) is 37.2 Å². The fraction of sp³-hybridized carbons (Fsp3) is 0.533. The molecule has 0 saturated heterocycles. The summed E-state index contributed by atoms with van der Waals surface area (Å²) in [7, 11) is 0. The average molecular weight is 285 g/mol. The first kappa shape index (κ1) is 17.9. The van der Waals surface area contributed by atoms with Gasteiger partial charge in [-0.05, 0) is 38.1 Å². The second-order valence-electron chi connectivity index (χ2n) is 4.40. The van der Waals surface area contributed by atoms with Gasteiger partial charge in [0.05, 0.1) is 6.21 Å². The van der Waals surface area contributed by atoms with Gasteiger partial charge < -0.3 is 9.74 Å². The molecule has 0 radical (unpaired) electrons. The minimum absolute atomic E-state index is 0. The summed E-state index contributed by atoms with van der Waals surface area (Å²) in [6.45, 7) is 12.2. The predicted molar refractivity (Wildman–Crippen MR) is 84.5 cm³/mol. The van der Waals surface area contributed by atoms with Crippen LogP contribution in [0.15, 0.2) is 23.4 Å². The summed E-state index contributed by atoms with van der Waals surface area (Å²) >= 11 is 0. The molecule has 19 heavy (non-hydrogen) atoms. The molecule has 0 aromatic heterocycles. The van der Waals surface area contributed by atoms with Crippen LogP contribution in [-0.2, 0) is 4.84 Å². The number of hydrogen-bond acceptors (Lipinski definition) is 3. The highest BCUT2D eigenvalue weighted by atomic mass is 35.5. The molecule has 1 rings (SSSR count). The van der Waals surface area contributed by atoms with E-state index in [2.05, 4.69) is 55.9 Å². The molecular formula is C15H25ClN2O. The molecule has 0 heterocycles. The van der Waals surface area contributed by atoms with E-state index >= 15 is 0 Å². The molecule has 0 saturated carbocycles. The van der Waals surface area contributed by atoms with E-state index in [4.69, 9.17) is 4.84 Å². The molecule has 108 valence electrons. The number of oxime groups is 1. The first-order chi connectivity index (χ1) is 8.69. The Labute approximate surface area is 123 Å². The number of halogens is 1. The molecule has 3 nitrogen and oxygen atoms in total. The highest BCUT2D eigenvalue weighted by molar-refractivity contribution is 5.85. The van der Waals surface area contributed by atoms with E-state index in [0.717, 1.165) is 25.2 Å². The smallest absolute Gasteiger partial charge is 0.129 e. The lowest BCUT2D eigenvalue weighted by Crippen LogP contribution is -2.26. The second kappa shape index (κ2) is 9.82. The maximum Gasteiger partial charge on any atom is 0.129 e. The minimum Gasteiger partial charge on any atom is -0.394 e. The first-order valence-electron chi connectivity index (χ1n) is 6.63. The Kier molecular flexibility index (Phi) is 9.27. The van der Waals surface area contributed by atoms with Crippen LogP contribution < -0.4 is 0 Å². The molecule has 0 spiro atoms. The topological polar surface area (TPSA) is 24.8 Å². The Bertz CT molecular complexity index is 369. The zero-order valence-electron chi connectivity index (χ0n) is 12.3. The molecule has 0 atom stereocenters. The van der Waals surface area contributed by atoms with Crippen LogP contribution in [0, 0.1) is 13.8 Å². The van der Waals surface area contributed by atoms with Crippen LogP contribution in [0.4, 0.5) is 0 Å². The lowest BCUT2D eigenvalue weighted by molar-refractivity contribution is 0.115. The first-order valence-corrected chi connectivity index (χ1v) is 6.63. The summed E-state index contributed by atoms with van der Waals surface area (Å²) in [5, 5.41) is 4.05. The van der Waals surface area contributed by atoms with Crippen LogP contribution in [0.3, 0.4) is 0 Å². The molecule has 0 N–H and O–H groups in total. The number of rotatable bonds is 7. The Morgan fingerprint density at radius 1 is 1.16 bits per heavy atom. The largest absolute Gasteiger partial charge is 0.394 e. The van der Waals surface area contributed by atoms with E-state index in [1.54, 1.807) is 0 Å². The van der Waals surface area contributed by atoms with Crippen molar-refractivity contribution in [1.29, 1.82) is 0 Å². The number of benzene rings is 1. The van der Waals surface area contributed by atoms with Crippen molar-refractivity contribution in [3.63, 3.8) is 0 Å². The van der Waals surface area contributed by atoms with Gasteiger partial charge in [-0.25, -0.2) is 0 Å². The zero-order chi connectivity index (χ0) is 13.4. The lowest BCUT2D eigenvalue weighted by Gasteiger charge is -2.16. The number of likely N-dealkylation sites (N-methyl/N-ethyl adjacent to an activating group) is 1. The van der Waals surface area contributed by atoms with Crippen LogP contribution in [0.2, 0.25) is 0 Å². The van der Waals surface area contributed by atoms with Crippen LogP contribution in [0.1, 0.15) is 30.5 Å². The molecule has 0 bridgehead atoms. The zero-order valence-corrected chi connectivity index (χ0v) is 13.2. The second-order valence-corrected chi connectivity index (χ2v) is 4.40. The maximum absolute atomic E-state index is 5.31. The van der Waals surface area contributed by atoms with E-state index in [1.807, 2.05) is 6.21 Å². The summed E-state index contributed by atoms with van der Waals surface area (Å²) < 4.78 is 0. The molecule has 0 fully saturated rings. The van der Waals surface area contributed by atoms with Crippen molar-refractivity contribution < 1.29 is 4.84 Å². The van der Waals surface area contributed by atoms with Crippen molar-refractivity contribution >= 4 is 18.6 Å². The third kappa shape index (κ3) is 6.08. The van der Waals surface area contributed by atoms with Gasteiger partial charge in [-0.3, -0.25) is 0 Å². The molecule has 1 aromatic carbocycles. The quantitative estimate of drug-likeness (QED) is 0.435. The monoisotopic (exact) mass is 284 g/mol. The van der Waals surface area contributed by atoms with Crippen LogP contribution in [0.25, 0.3) is 0 Å².